The number of carbonyl (C=O) groups excluding carboxylic acids is 1. The van der Waals surface area contributed by atoms with Crippen LogP contribution in [0.1, 0.15) is 92.4 Å². The molecule has 2 aliphatic rings. The van der Waals surface area contributed by atoms with Crippen molar-refractivity contribution in [3.63, 3.8) is 0 Å². The van der Waals surface area contributed by atoms with Crippen LogP contribution in [0.15, 0.2) is 23.8 Å². The number of Topliss-reactive ketones (excluding diaryl/α,β-unsaturated/α-hetero) is 1. The first kappa shape index (κ1) is 19.5. The smallest absolute Gasteiger partial charge is 0.129 e. The third-order valence-electron chi connectivity index (χ3n) is 7.20. The highest BCUT2D eigenvalue weighted by Crippen LogP contribution is 2.63. The normalized spacial score (nSPS) is 36.1. The van der Waals surface area contributed by atoms with Crippen LogP contribution in [0.3, 0.4) is 0 Å². The molecule has 2 aliphatic carbocycles. The molecule has 0 radical (unpaired) electrons. The van der Waals surface area contributed by atoms with Crippen molar-refractivity contribution in [3.05, 3.63) is 23.8 Å². The maximum Gasteiger partial charge on any atom is 0.129 e. The van der Waals surface area contributed by atoms with Crippen molar-refractivity contribution in [2.75, 3.05) is 0 Å². The first-order valence-corrected chi connectivity index (χ1v) is 9.99. The Balaban J connectivity index is 2.27. The zero-order valence-corrected chi connectivity index (χ0v) is 16.7. The van der Waals surface area contributed by atoms with Gasteiger partial charge in [-0.3, -0.25) is 0 Å². The summed E-state index contributed by atoms with van der Waals surface area (Å²) in [5, 5.41) is 0. The van der Waals surface area contributed by atoms with Crippen molar-refractivity contribution in [3.8, 4) is 0 Å². The van der Waals surface area contributed by atoms with E-state index in [4.69, 9.17) is 0 Å². The van der Waals surface area contributed by atoms with E-state index >= 15 is 0 Å². The van der Waals surface area contributed by atoms with Gasteiger partial charge in [0.05, 0.1) is 0 Å². The van der Waals surface area contributed by atoms with Crippen LogP contribution in [-0.2, 0) is 4.79 Å². The molecule has 136 valence electrons. The van der Waals surface area contributed by atoms with Crippen molar-refractivity contribution >= 4 is 5.78 Å². The molecule has 0 unspecified atom stereocenters. The number of hydrogen-bond acceptors (Lipinski definition) is 1. The predicted octanol–water partition coefficient (Wildman–Crippen LogP) is 6.88. The monoisotopic (exact) mass is 330 g/mol. The number of carbonyl (C=O) groups is 1. The SMILES string of the molecule is C=C1CCC[C@@]2(C)[C@@H]1CC[C@](C)(CCC=C(C)C)[C@H]2CCC(C)=O. The molecule has 0 aromatic carbocycles. The van der Waals surface area contributed by atoms with Gasteiger partial charge in [0.15, 0.2) is 0 Å². The Morgan fingerprint density at radius 1 is 1.25 bits per heavy atom. The Morgan fingerprint density at radius 2 is 1.96 bits per heavy atom. The third-order valence-corrected chi connectivity index (χ3v) is 7.20. The molecule has 2 saturated carbocycles. The molecule has 0 N–H and O–H groups in total. The number of ketones is 1. The first-order valence-electron chi connectivity index (χ1n) is 9.99. The minimum Gasteiger partial charge on any atom is -0.300 e. The van der Waals surface area contributed by atoms with Crippen molar-refractivity contribution in [2.45, 2.75) is 92.4 Å². The molecule has 4 atom stereocenters. The number of rotatable bonds is 6. The van der Waals surface area contributed by atoms with Gasteiger partial charge in [-0.05, 0) is 94.8 Å². The van der Waals surface area contributed by atoms with E-state index in [0.29, 0.717) is 28.4 Å². The molecule has 0 aromatic heterocycles. The van der Waals surface area contributed by atoms with E-state index in [2.05, 4.69) is 40.3 Å². The van der Waals surface area contributed by atoms with Gasteiger partial charge >= 0.3 is 0 Å². The third kappa shape index (κ3) is 4.03. The van der Waals surface area contributed by atoms with E-state index in [9.17, 15) is 4.79 Å². The second-order valence-electron chi connectivity index (χ2n) is 9.38. The Bertz CT molecular complexity index is 510. The predicted molar refractivity (Wildman–Crippen MR) is 104 cm³/mol. The molecule has 0 bridgehead atoms. The molecule has 0 amide bonds. The Hall–Kier alpha value is -0.850. The molecule has 0 aliphatic heterocycles. The summed E-state index contributed by atoms with van der Waals surface area (Å²) in [5.41, 5.74) is 3.63. The largest absolute Gasteiger partial charge is 0.300 e. The van der Waals surface area contributed by atoms with E-state index in [1.807, 2.05) is 0 Å². The van der Waals surface area contributed by atoms with E-state index in [1.54, 1.807) is 6.92 Å². The zero-order chi connectivity index (χ0) is 18.0. The van der Waals surface area contributed by atoms with Gasteiger partial charge in [-0.2, -0.15) is 0 Å². The van der Waals surface area contributed by atoms with Gasteiger partial charge in [-0.25, -0.2) is 0 Å². The molecule has 0 aromatic rings. The highest BCUT2D eigenvalue weighted by molar-refractivity contribution is 5.75. The van der Waals surface area contributed by atoms with Gasteiger partial charge in [0, 0.05) is 6.42 Å². The van der Waals surface area contributed by atoms with Crippen LogP contribution in [0, 0.1) is 22.7 Å². The van der Waals surface area contributed by atoms with Crippen molar-refractivity contribution in [1.82, 2.24) is 0 Å². The lowest BCUT2D eigenvalue weighted by Crippen LogP contribution is -2.50. The van der Waals surface area contributed by atoms with Crippen LogP contribution >= 0.6 is 0 Å². The van der Waals surface area contributed by atoms with Crippen LogP contribution in [0.25, 0.3) is 0 Å². The van der Waals surface area contributed by atoms with Crippen LogP contribution in [0.4, 0.5) is 0 Å². The summed E-state index contributed by atoms with van der Waals surface area (Å²) < 4.78 is 0. The first-order chi connectivity index (χ1) is 11.2. The Labute approximate surface area is 150 Å². The van der Waals surface area contributed by atoms with Gasteiger partial charge in [0.2, 0.25) is 0 Å². The standard InChI is InChI=1S/C23H38O/c1-17(2)9-7-14-22(5)16-13-20-18(3)10-8-15-23(20,6)21(22)12-11-19(4)24/h9,20-21H,3,7-8,10-16H2,1-2,4-6H3/t20-,21-,22+,23+/m1/s1. The molecule has 0 saturated heterocycles. The molecule has 2 fully saturated rings. The lowest BCUT2D eigenvalue weighted by atomic mass is 9.46. The second kappa shape index (κ2) is 7.58. The highest BCUT2D eigenvalue weighted by atomic mass is 16.1. The lowest BCUT2D eigenvalue weighted by Gasteiger charge is -2.59. The summed E-state index contributed by atoms with van der Waals surface area (Å²) in [5.74, 6) is 1.68. The molecule has 1 nitrogen and oxygen atoms in total. The zero-order valence-electron chi connectivity index (χ0n) is 16.7. The van der Waals surface area contributed by atoms with Crippen LogP contribution in [-0.4, -0.2) is 5.78 Å². The van der Waals surface area contributed by atoms with Crippen molar-refractivity contribution in [2.24, 2.45) is 22.7 Å². The minimum absolute atomic E-state index is 0.349. The maximum atomic E-state index is 11.7. The minimum atomic E-state index is 0.349. The van der Waals surface area contributed by atoms with Gasteiger partial charge in [-0.1, -0.05) is 37.6 Å². The average molecular weight is 331 g/mol. The quantitative estimate of drug-likeness (QED) is 0.485. The molecule has 0 spiro atoms. The van der Waals surface area contributed by atoms with E-state index in [-0.39, 0.29) is 0 Å². The lowest BCUT2D eigenvalue weighted by molar-refractivity contribution is -0.119. The molecule has 2 rings (SSSR count). The van der Waals surface area contributed by atoms with E-state index in [1.165, 1.54) is 56.1 Å². The van der Waals surface area contributed by atoms with Crippen molar-refractivity contribution in [1.29, 1.82) is 0 Å². The highest BCUT2D eigenvalue weighted by Gasteiger charge is 2.53. The van der Waals surface area contributed by atoms with Crippen LogP contribution < -0.4 is 0 Å². The number of fused-ring (bicyclic) bond motifs is 1. The molecular weight excluding hydrogens is 292 g/mol. The molecule has 24 heavy (non-hydrogen) atoms. The Kier molecular flexibility index (Phi) is 6.15. The fourth-order valence-corrected chi connectivity index (χ4v) is 5.92. The number of hydrogen-bond donors (Lipinski definition) is 0. The Morgan fingerprint density at radius 3 is 2.58 bits per heavy atom. The van der Waals surface area contributed by atoms with Gasteiger partial charge in [0.25, 0.3) is 0 Å². The summed E-state index contributed by atoms with van der Waals surface area (Å²) >= 11 is 0. The summed E-state index contributed by atoms with van der Waals surface area (Å²) in [6.07, 6.45) is 13.1. The van der Waals surface area contributed by atoms with Gasteiger partial charge in [0.1, 0.15) is 5.78 Å². The maximum absolute atomic E-state index is 11.7. The molecule has 0 heterocycles. The summed E-state index contributed by atoms with van der Waals surface area (Å²) in [4.78, 5) is 11.7. The second-order valence-corrected chi connectivity index (χ2v) is 9.38. The molecule has 1 heteroatoms. The fraction of sp³-hybridized carbons (Fsp3) is 0.783. The molecular formula is C23H38O. The number of allylic oxidation sites excluding steroid dienone is 3. The fourth-order valence-electron chi connectivity index (χ4n) is 5.92. The summed E-state index contributed by atoms with van der Waals surface area (Å²) in [6.45, 7) is 15.6. The van der Waals surface area contributed by atoms with Crippen molar-refractivity contribution < 1.29 is 4.79 Å². The summed E-state index contributed by atoms with van der Waals surface area (Å²) in [6, 6.07) is 0. The van der Waals surface area contributed by atoms with Gasteiger partial charge in [-0.15, -0.1) is 0 Å². The summed E-state index contributed by atoms with van der Waals surface area (Å²) in [7, 11) is 0. The average Bonchev–Trinajstić information content (AvgIpc) is 2.45. The van der Waals surface area contributed by atoms with E-state index < -0.39 is 0 Å². The van der Waals surface area contributed by atoms with Crippen LogP contribution in [0.5, 0.6) is 0 Å². The van der Waals surface area contributed by atoms with E-state index in [0.717, 1.165) is 12.8 Å². The van der Waals surface area contributed by atoms with Crippen LogP contribution in [0.2, 0.25) is 0 Å². The van der Waals surface area contributed by atoms with Gasteiger partial charge < -0.3 is 4.79 Å². The topological polar surface area (TPSA) is 17.1 Å².